The maximum absolute atomic E-state index is 12.7. The van der Waals surface area contributed by atoms with Crippen LogP contribution in [0.4, 0.5) is 5.82 Å². The first-order valence-electron chi connectivity index (χ1n) is 17.8. The minimum atomic E-state index is -5.58. The van der Waals surface area contributed by atoms with Gasteiger partial charge >= 0.3 is 23.5 Å². The molecule has 8 atom stereocenters. The van der Waals surface area contributed by atoms with E-state index in [9.17, 15) is 63.0 Å². The van der Waals surface area contributed by atoms with Crippen LogP contribution in [-0.2, 0) is 50.7 Å². The normalized spacial score (nSPS) is 21.9. The molecule has 1 aliphatic heterocycles. The minimum absolute atomic E-state index is 0.0267. The number of ether oxygens (including phenoxy) is 1. The van der Waals surface area contributed by atoms with Gasteiger partial charge in [0.2, 0.25) is 11.8 Å². The van der Waals surface area contributed by atoms with Crippen LogP contribution in [0.5, 0.6) is 0 Å². The number of phosphoric acid groups is 3. The summed E-state index contributed by atoms with van der Waals surface area (Å²) in [6, 6.07) is 0. The van der Waals surface area contributed by atoms with Crippen LogP contribution in [0.25, 0.3) is 11.2 Å². The molecule has 59 heavy (non-hydrogen) atoms. The third-order valence-electron chi connectivity index (χ3n) is 8.25. The Morgan fingerprint density at radius 3 is 2.42 bits per heavy atom. The number of rotatable bonds is 25. The zero-order valence-electron chi connectivity index (χ0n) is 32.1. The van der Waals surface area contributed by atoms with Crippen molar-refractivity contribution in [1.29, 1.82) is 0 Å². The van der Waals surface area contributed by atoms with Gasteiger partial charge in [-0.2, -0.15) is 4.31 Å². The highest BCUT2D eigenvalue weighted by Crippen LogP contribution is 2.61. The molecule has 25 nitrogen and oxygen atoms in total. The second kappa shape index (κ2) is 22.4. The number of fused-ring (bicyclic) bond motifs is 1. The van der Waals surface area contributed by atoms with E-state index in [-0.39, 0.29) is 48.0 Å². The Morgan fingerprint density at radius 2 is 1.75 bits per heavy atom. The summed E-state index contributed by atoms with van der Waals surface area (Å²) in [4.78, 5) is 87.7. The molecule has 8 unspecified atom stereocenters. The maximum Gasteiger partial charge on any atom is 0.481 e. The number of thioether (sulfide) groups is 1. The predicted molar refractivity (Wildman–Crippen MR) is 206 cm³/mol. The van der Waals surface area contributed by atoms with Gasteiger partial charge in [0.15, 0.2) is 22.8 Å². The van der Waals surface area contributed by atoms with E-state index in [2.05, 4.69) is 34.4 Å². The van der Waals surface area contributed by atoms with Crippen LogP contribution >= 0.6 is 35.2 Å². The van der Waals surface area contributed by atoms with E-state index in [1.807, 2.05) is 6.92 Å². The fourth-order valence-electron chi connectivity index (χ4n) is 5.24. The lowest BCUT2D eigenvalue weighted by Gasteiger charge is -2.30. The number of nitrogens with zero attached hydrogens (tertiary/aromatic N) is 4. The fourth-order valence-corrected chi connectivity index (χ4v) is 8.71. The first-order valence-corrected chi connectivity index (χ1v) is 23.3. The van der Waals surface area contributed by atoms with E-state index >= 15 is 0 Å². The number of allylic oxidation sites excluding steroid dienone is 1. The number of nitrogens with one attached hydrogen (secondary N) is 2. The number of amides is 2. The molecular formula is C30H50N7O18P3S. The molecule has 0 radical (unpaired) electrons. The molecule has 2 aromatic rings. The van der Waals surface area contributed by atoms with Gasteiger partial charge in [-0.25, -0.2) is 28.6 Å². The van der Waals surface area contributed by atoms with Crippen molar-refractivity contribution in [3.05, 3.63) is 24.8 Å². The number of phosphoric ester groups is 3. The van der Waals surface area contributed by atoms with Crippen molar-refractivity contribution in [2.24, 2.45) is 5.41 Å². The number of hydrogen-bond acceptors (Lipinski definition) is 19. The Labute approximate surface area is 341 Å². The lowest BCUT2D eigenvalue weighted by atomic mass is 9.87. The van der Waals surface area contributed by atoms with Crippen molar-refractivity contribution in [2.45, 2.75) is 89.6 Å². The van der Waals surface area contributed by atoms with Crippen LogP contribution in [0.15, 0.2) is 24.8 Å². The van der Waals surface area contributed by atoms with Crippen LogP contribution < -0.4 is 16.4 Å². The quantitative estimate of drug-likeness (QED) is 0.0360. The SMILES string of the molecule is CCCC(O)C/C=C/CC(=O)SCCNC(=O)CCNC(=O)C(O)C(C)(C)COP(=O)(O)OP(=O)(O)OCC1OC(n2cnc3c(N)ncnc32)C(O)C1OP(=O)(O)O. The van der Waals surface area contributed by atoms with E-state index in [0.717, 1.165) is 35.4 Å². The maximum atomic E-state index is 12.7. The monoisotopic (exact) mass is 921 g/mol. The van der Waals surface area contributed by atoms with Gasteiger partial charge in [0, 0.05) is 37.1 Å². The third-order valence-corrected chi connectivity index (χ3v) is 12.2. The second-order valence-corrected chi connectivity index (χ2v) is 19.0. The predicted octanol–water partition coefficient (Wildman–Crippen LogP) is 0.162. The average Bonchev–Trinajstić information content (AvgIpc) is 3.70. The van der Waals surface area contributed by atoms with Gasteiger partial charge in [-0.1, -0.05) is 51.1 Å². The molecule has 1 aliphatic rings. The summed E-state index contributed by atoms with van der Waals surface area (Å²) >= 11 is 1.03. The highest BCUT2D eigenvalue weighted by Gasteiger charge is 2.50. The van der Waals surface area contributed by atoms with Crippen molar-refractivity contribution in [2.75, 3.05) is 37.8 Å². The summed E-state index contributed by atoms with van der Waals surface area (Å²) in [6.07, 6.45) is -1.80. The highest BCUT2D eigenvalue weighted by molar-refractivity contribution is 8.13. The number of hydrogen-bond donors (Lipinski definition) is 10. The minimum Gasteiger partial charge on any atom is -0.393 e. The molecule has 0 saturated carbocycles. The Morgan fingerprint density at radius 1 is 1.05 bits per heavy atom. The first kappa shape index (κ1) is 50.6. The number of nitrogens with two attached hydrogens (primary N) is 1. The number of carbonyl (C=O) groups is 3. The molecule has 29 heteroatoms. The van der Waals surface area contributed by atoms with Crippen LogP contribution in [0.1, 0.15) is 59.1 Å². The number of nitrogen functional groups attached to an aromatic ring is 1. The van der Waals surface area contributed by atoms with Crippen molar-refractivity contribution < 1.29 is 85.6 Å². The lowest BCUT2D eigenvalue weighted by Crippen LogP contribution is -2.46. The van der Waals surface area contributed by atoms with Crippen molar-refractivity contribution in [1.82, 2.24) is 30.2 Å². The lowest BCUT2D eigenvalue weighted by molar-refractivity contribution is -0.137. The molecule has 11 N–H and O–H groups in total. The van der Waals surface area contributed by atoms with Gasteiger partial charge in [-0.15, -0.1) is 0 Å². The van der Waals surface area contributed by atoms with Gasteiger partial charge in [-0.3, -0.25) is 32.5 Å². The Kier molecular flexibility index (Phi) is 19.2. The van der Waals surface area contributed by atoms with Gasteiger partial charge in [-0.05, 0) is 12.8 Å². The number of anilines is 1. The molecule has 1 fully saturated rings. The Bertz CT molecular complexity index is 1920. The second-order valence-electron chi connectivity index (χ2n) is 13.6. The van der Waals surface area contributed by atoms with Crippen molar-refractivity contribution in [3.8, 4) is 0 Å². The summed E-state index contributed by atoms with van der Waals surface area (Å²) in [6.45, 7) is 2.38. The van der Waals surface area contributed by atoms with Gasteiger partial charge < -0.3 is 56.0 Å². The topological polar surface area (TPSA) is 384 Å². The zero-order valence-corrected chi connectivity index (χ0v) is 35.6. The van der Waals surface area contributed by atoms with E-state index < -0.39 is 90.7 Å². The van der Waals surface area contributed by atoms with Crippen LogP contribution in [0.2, 0.25) is 0 Å². The molecule has 3 heterocycles. The first-order chi connectivity index (χ1) is 27.4. The molecule has 0 aliphatic carbocycles. The van der Waals surface area contributed by atoms with Crippen molar-refractivity contribution in [3.63, 3.8) is 0 Å². The van der Waals surface area contributed by atoms with Gasteiger partial charge in [0.1, 0.15) is 36.3 Å². The molecule has 3 rings (SSSR count). The number of aliphatic hydroxyl groups excluding tert-OH is 3. The zero-order chi connectivity index (χ0) is 44.2. The van der Waals surface area contributed by atoms with Crippen molar-refractivity contribution >= 4 is 69.1 Å². The molecule has 0 spiro atoms. The Balaban J connectivity index is 1.44. The number of imidazole rings is 1. The molecule has 2 aromatic heterocycles. The molecule has 0 aromatic carbocycles. The summed E-state index contributed by atoms with van der Waals surface area (Å²) < 4.78 is 62.1. The van der Waals surface area contributed by atoms with E-state index in [1.165, 1.54) is 13.8 Å². The van der Waals surface area contributed by atoms with E-state index in [1.54, 1.807) is 12.2 Å². The molecule has 0 bridgehead atoms. The number of aliphatic hydroxyl groups is 3. The van der Waals surface area contributed by atoms with Gasteiger partial charge in [0.25, 0.3) is 0 Å². The van der Waals surface area contributed by atoms with E-state index in [0.29, 0.717) is 18.6 Å². The summed E-state index contributed by atoms with van der Waals surface area (Å²) in [5.41, 5.74) is 4.24. The average molecular weight is 922 g/mol. The van der Waals surface area contributed by atoms with Crippen LogP contribution in [0, 0.1) is 5.41 Å². The number of carbonyl (C=O) groups excluding carboxylic acids is 3. The largest absolute Gasteiger partial charge is 0.481 e. The molecular weight excluding hydrogens is 871 g/mol. The Hall–Kier alpha value is -2.74. The van der Waals surface area contributed by atoms with Crippen LogP contribution in [0.3, 0.4) is 0 Å². The van der Waals surface area contributed by atoms with Gasteiger partial charge in [0.05, 0.1) is 25.6 Å². The fraction of sp³-hybridized carbons (Fsp3) is 0.667. The third kappa shape index (κ3) is 16.6. The highest BCUT2D eigenvalue weighted by atomic mass is 32.2. The standard InChI is InChI=1S/C30H50N7O18P3S/c1-4-7-18(38)8-5-6-9-21(40)59-13-12-32-20(39)10-11-33-28(43)25(42)30(2,3)15-52-58(49,50)55-57(47,48)51-14-19-24(54-56(44,45)46)23(41)29(53-19)37-17-36-22-26(31)34-16-35-27(22)37/h5-6,16-19,23-25,29,38,41-42H,4,7-15H2,1-3H3,(H,32,39)(H,33,43)(H,47,48)(H,49,50)(H2,31,34,35)(H2,44,45,46)/b6-5+. The van der Waals surface area contributed by atoms with Crippen LogP contribution in [-0.4, -0.2) is 134 Å². The van der Waals surface area contributed by atoms with E-state index in [4.69, 9.17) is 19.5 Å². The smallest absolute Gasteiger partial charge is 0.393 e. The summed E-state index contributed by atoms with van der Waals surface area (Å²) in [5, 5.41) is 36.0. The molecule has 2 amide bonds. The summed E-state index contributed by atoms with van der Waals surface area (Å²) in [5.74, 6) is -1.19. The molecule has 1 saturated heterocycles. The molecule has 334 valence electrons. The summed E-state index contributed by atoms with van der Waals surface area (Å²) in [7, 11) is -16.4. The number of aromatic nitrogens is 4.